The fourth-order valence-corrected chi connectivity index (χ4v) is 2.25. The van der Waals surface area contributed by atoms with E-state index in [0.717, 1.165) is 15.3 Å². The second-order valence-electron chi connectivity index (χ2n) is 4.74. The normalized spacial score (nSPS) is 12.2. The second kappa shape index (κ2) is 5.33. The van der Waals surface area contributed by atoms with E-state index in [-0.39, 0.29) is 0 Å². The van der Waals surface area contributed by atoms with E-state index >= 15 is 0 Å². The molecule has 2 aromatic carbocycles. The van der Waals surface area contributed by atoms with Gasteiger partial charge >= 0.3 is 5.97 Å². The van der Waals surface area contributed by atoms with Gasteiger partial charge in [0.15, 0.2) is 11.8 Å². The van der Waals surface area contributed by atoms with E-state index in [1.807, 2.05) is 24.3 Å². The molecule has 1 aromatic heterocycles. The zero-order valence-corrected chi connectivity index (χ0v) is 11.4. The summed E-state index contributed by atoms with van der Waals surface area (Å²) in [4.78, 5) is 11.4. The molecule has 0 saturated heterocycles. The number of hydrogen-bond acceptors (Lipinski definition) is 4. The average Bonchev–Trinajstić information content (AvgIpc) is 2.83. The van der Waals surface area contributed by atoms with Crippen LogP contribution in [0.25, 0.3) is 10.8 Å². The van der Waals surface area contributed by atoms with E-state index < -0.39 is 24.0 Å². The Bertz CT molecular complexity index is 820. The highest BCUT2D eigenvalue weighted by Gasteiger charge is 2.26. The van der Waals surface area contributed by atoms with Crippen molar-refractivity contribution in [1.82, 2.24) is 4.57 Å². The van der Waals surface area contributed by atoms with E-state index in [4.69, 9.17) is 4.74 Å². The first kappa shape index (κ1) is 13.8. The molecule has 0 radical (unpaired) electrons. The van der Waals surface area contributed by atoms with Crippen molar-refractivity contribution in [3.05, 3.63) is 54.6 Å². The number of nitrogens with zero attached hydrogens (tertiary/aromatic N) is 1. The number of carboxylic acids is 1. The van der Waals surface area contributed by atoms with E-state index in [0.29, 0.717) is 5.75 Å². The average molecular weight is 299 g/mol. The molecule has 0 aliphatic rings. The summed E-state index contributed by atoms with van der Waals surface area (Å²) in [5, 5.41) is 30.5. The SMILES string of the molecule is O=C(O)C(Oc1ccc2ccccc2c1)n1c(O)ccc1O. The summed E-state index contributed by atoms with van der Waals surface area (Å²) in [5.41, 5.74) is 0. The number of aromatic hydroxyl groups is 2. The summed E-state index contributed by atoms with van der Waals surface area (Å²) >= 11 is 0. The van der Waals surface area contributed by atoms with Gasteiger partial charge in [0.2, 0.25) is 0 Å². The minimum Gasteiger partial charge on any atom is -0.494 e. The van der Waals surface area contributed by atoms with Crippen LogP contribution < -0.4 is 4.74 Å². The minimum atomic E-state index is -1.57. The molecule has 0 saturated carbocycles. The Labute approximate surface area is 125 Å². The van der Waals surface area contributed by atoms with Crippen LogP contribution in [-0.4, -0.2) is 25.9 Å². The monoisotopic (exact) mass is 299 g/mol. The number of aliphatic carboxylic acids is 1. The molecule has 112 valence electrons. The number of fused-ring (bicyclic) bond motifs is 1. The summed E-state index contributed by atoms with van der Waals surface area (Å²) in [5.74, 6) is -1.81. The zero-order valence-electron chi connectivity index (χ0n) is 11.4. The van der Waals surface area contributed by atoms with Crippen molar-refractivity contribution in [2.24, 2.45) is 0 Å². The molecule has 6 heteroatoms. The Morgan fingerprint density at radius 2 is 1.59 bits per heavy atom. The Kier molecular flexibility index (Phi) is 3.34. The Balaban J connectivity index is 1.98. The van der Waals surface area contributed by atoms with E-state index in [1.165, 1.54) is 12.1 Å². The van der Waals surface area contributed by atoms with Gasteiger partial charge in [-0.05, 0) is 22.9 Å². The van der Waals surface area contributed by atoms with Crippen molar-refractivity contribution in [2.75, 3.05) is 0 Å². The summed E-state index contributed by atoms with van der Waals surface area (Å²) in [6.45, 7) is 0. The molecular weight excluding hydrogens is 286 g/mol. The predicted octanol–water partition coefficient (Wildman–Crippen LogP) is 2.71. The molecule has 3 aromatic rings. The van der Waals surface area contributed by atoms with Crippen molar-refractivity contribution < 1.29 is 24.9 Å². The number of rotatable bonds is 4. The van der Waals surface area contributed by atoms with Crippen molar-refractivity contribution in [3.63, 3.8) is 0 Å². The van der Waals surface area contributed by atoms with Crippen LogP contribution in [0.3, 0.4) is 0 Å². The number of benzene rings is 2. The van der Waals surface area contributed by atoms with Crippen LogP contribution in [0.15, 0.2) is 54.6 Å². The van der Waals surface area contributed by atoms with Crippen LogP contribution in [-0.2, 0) is 4.79 Å². The largest absolute Gasteiger partial charge is 0.494 e. The van der Waals surface area contributed by atoms with E-state index in [9.17, 15) is 20.1 Å². The molecule has 1 heterocycles. The van der Waals surface area contributed by atoms with Gasteiger partial charge in [0.25, 0.3) is 6.23 Å². The molecule has 0 fully saturated rings. The highest BCUT2D eigenvalue weighted by atomic mass is 16.5. The number of aromatic nitrogens is 1. The van der Waals surface area contributed by atoms with Crippen molar-refractivity contribution >= 4 is 16.7 Å². The maximum Gasteiger partial charge on any atom is 0.367 e. The zero-order chi connectivity index (χ0) is 15.7. The van der Waals surface area contributed by atoms with Crippen LogP contribution in [0.1, 0.15) is 6.23 Å². The lowest BCUT2D eigenvalue weighted by atomic mass is 10.1. The van der Waals surface area contributed by atoms with Crippen LogP contribution in [0.2, 0.25) is 0 Å². The quantitative estimate of drug-likeness (QED) is 0.689. The van der Waals surface area contributed by atoms with Crippen LogP contribution in [0, 0.1) is 0 Å². The maximum absolute atomic E-state index is 11.4. The third kappa shape index (κ3) is 2.42. The second-order valence-corrected chi connectivity index (χ2v) is 4.74. The van der Waals surface area contributed by atoms with Gasteiger partial charge in [0, 0.05) is 12.1 Å². The molecule has 0 spiro atoms. The first-order valence-electron chi connectivity index (χ1n) is 6.53. The lowest BCUT2D eigenvalue weighted by molar-refractivity contribution is -0.150. The molecule has 6 nitrogen and oxygen atoms in total. The van der Waals surface area contributed by atoms with Crippen LogP contribution in [0.5, 0.6) is 17.5 Å². The number of carboxylic acid groups (broad SMARTS) is 1. The van der Waals surface area contributed by atoms with E-state index in [2.05, 4.69) is 0 Å². The maximum atomic E-state index is 11.4. The smallest absolute Gasteiger partial charge is 0.367 e. The molecule has 0 amide bonds. The number of hydrogen-bond donors (Lipinski definition) is 3. The van der Waals surface area contributed by atoms with Gasteiger partial charge in [0.1, 0.15) is 5.75 Å². The van der Waals surface area contributed by atoms with Gasteiger partial charge in [-0.2, -0.15) is 0 Å². The minimum absolute atomic E-state index is 0.318. The van der Waals surface area contributed by atoms with Gasteiger partial charge in [-0.25, -0.2) is 9.36 Å². The fraction of sp³-hybridized carbons (Fsp3) is 0.0625. The first-order chi connectivity index (χ1) is 10.6. The van der Waals surface area contributed by atoms with Crippen molar-refractivity contribution in [3.8, 4) is 17.5 Å². The molecule has 0 bridgehead atoms. The number of ether oxygens (including phenoxy) is 1. The van der Waals surface area contributed by atoms with Crippen LogP contribution >= 0.6 is 0 Å². The highest BCUT2D eigenvalue weighted by molar-refractivity contribution is 5.83. The lowest BCUT2D eigenvalue weighted by Gasteiger charge is -2.18. The molecular formula is C16H13NO5. The number of carbonyl (C=O) groups is 1. The van der Waals surface area contributed by atoms with Gasteiger partial charge < -0.3 is 20.1 Å². The molecule has 22 heavy (non-hydrogen) atoms. The van der Waals surface area contributed by atoms with Crippen molar-refractivity contribution in [2.45, 2.75) is 6.23 Å². The fourth-order valence-electron chi connectivity index (χ4n) is 2.25. The Hall–Kier alpha value is -3.15. The molecule has 3 rings (SSSR count). The highest BCUT2D eigenvalue weighted by Crippen LogP contribution is 2.30. The topological polar surface area (TPSA) is 91.9 Å². The van der Waals surface area contributed by atoms with Crippen molar-refractivity contribution in [1.29, 1.82) is 0 Å². The summed E-state index contributed by atoms with van der Waals surface area (Å²) in [6.07, 6.45) is -1.57. The third-order valence-electron chi connectivity index (χ3n) is 3.29. The molecule has 3 N–H and O–H groups in total. The predicted molar refractivity (Wildman–Crippen MR) is 79.0 cm³/mol. The van der Waals surface area contributed by atoms with Gasteiger partial charge in [-0.3, -0.25) is 0 Å². The third-order valence-corrected chi connectivity index (χ3v) is 3.29. The molecule has 0 aliphatic heterocycles. The first-order valence-corrected chi connectivity index (χ1v) is 6.53. The lowest BCUT2D eigenvalue weighted by Crippen LogP contribution is -2.24. The molecule has 1 unspecified atom stereocenters. The molecule has 1 atom stereocenters. The summed E-state index contributed by atoms with van der Waals surface area (Å²) in [6, 6.07) is 15.1. The summed E-state index contributed by atoms with van der Waals surface area (Å²) in [7, 11) is 0. The van der Waals surface area contributed by atoms with Gasteiger partial charge in [-0.15, -0.1) is 0 Å². The van der Waals surface area contributed by atoms with Gasteiger partial charge in [0.05, 0.1) is 0 Å². The van der Waals surface area contributed by atoms with Crippen LogP contribution in [0.4, 0.5) is 0 Å². The standard InChI is InChI=1S/C16H13NO5/c18-13-7-8-14(19)17(13)15(16(20)21)22-12-6-5-10-3-1-2-4-11(10)9-12/h1-9,15,18-19H,(H,20,21). The molecule has 0 aliphatic carbocycles. The van der Waals surface area contributed by atoms with E-state index in [1.54, 1.807) is 18.2 Å². The summed E-state index contributed by atoms with van der Waals surface area (Å²) < 4.78 is 6.22. The Morgan fingerprint density at radius 3 is 2.23 bits per heavy atom. The van der Waals surface area contributed by atoms with Gasteiger partial charge in [-0.1, -0.05) is 30.3 Å². The Morgan fingerprint density at radius 1 is 0.955 bits per heavy atom.